The predicted octanol–water partition coefficient (Wildman–Crippen LogP) is 1.55. The molecule has 0 saturated carbocycles. The fraction of sp³-hybridized carbons (Fsp3) is 1.00. The molecule has 0 aromatic heterocycles. The standard InChI is InChI=1S/C7H14NO.W/c1-6-5-7(9-2)3-4-8-6;/h6-7H,3-5H2,1-2H3;/q-1;+2. The molecule has 1 heterocycles. The summed E-state index contributed by atoms with van der Waals surface area (Å²) < 4.78 is 5.20. The molecule has 0 N–H and O–H groups in total. The van der Waals surface area contributed by atoms with Gasteiger partial charge < -0.3 is 10.1 Å². The van der Waals surface area contributed by atoms with E-state index in [0.29, 0.717) is 12.1 Å². The van der Waals surface area contributed by atoms with Crippen molar-refractivity contribution in [3.05, 3.63) is 5.32 Å². The predicted molar refractivity (Wildman–Crippen MR) is 37.7 cm³/mol. The molecular formula is C7H14NOW+. The first-order valence-electron chi connectivity index (χ1n) is 3.52. The van der Waals surface area contributed by atoms with Gasteiger partial charge in [0.25, 0.3) is 0 Å². The third-order valence-electron chi connectivity index (χ3n) is 1.83. The van der Waals surface area contributed by atoms with Gasteiger partial charge in [-0.15, -0.1) is 12.6 Å². The minimum atomic E-state index is 0. The number of methoxy groups -OCH3 is 1. The van der Waals surface area contributed by atoms with Gasteiger partial charge in [-0.05, 0) is 12.8 Å². The fourth-order valence-electron chi connectivity index (χ4n) is 1.23. The van der Waals surface area contributed by atoms with E-state index in [1.807, 2.05) is 0 Å². The topological polar surface area (TPSA) is 23.3 Å². The van der Waals surface area contributed by atoms with Crippen molar-refractivity contribution in [2.75, 3.05) is 13.7 Å². The van der Waals surface area contributed by atoms with Gasteiger partial charge in [-0.3, -0.25) is 0 Å². The normalized spacial score (nSPS) is 33.0. The van der Waals surface area contributed by atoms with Crippen molar-refractivity contribution in [1.82, 2.24) is 0 Å². The molecule has 2 atom stereocenters. The zero-order valence-electron chi connectivity index (χ0n) is 6.54. The van der Waals surface area contributed by atoms with E-state index in [1.54, 1.807) is 7.11 Å². The third kappa shape index (κ3) is 3.13. The molecular weight excluding hydrogens is 298 g/mol. The molecule has 1 aliphatic rings. The molecule has 2 nitrogen and oxygen atoms in total. The monoisotopic (exact) mass is 312 g/mol. The van der Waals surface area contributed by atoms with E-state index >= 15 is 0 Å². The molecule has 1 aliphatic heterocycles. The van der Waals surface area contributed by atoms with Crippen LogP contribution in [-0.2, 0) is 25.8 Å². The minimum absolute atomic E-state index is 0. The molecule has 0 amide bonds. The summed E-state index contributed by atoms with van der Waals surface area (Å²) in [5, 5.41) is 4.35. The first-order valence-corrected chi connectivity index (χ1v) is 3.52. The van der Waals surface area contributed by atoms with Crippen LogP contribution in [0.4, 0.5) is 0 Å². The van der Waals surface area contributed by atoms with E-state index in [4.69, 9.17) is 4.74 Å². The summed E-state index contributed by atoms with van der Waals surface area (Å²) in [6, 6.07) is 0.517. The fourth-order valence-corrected chi connectivity index (χ4v) is 1.23. The van der Waals surface area contributed by atoms with Crippen LogP contribution in [0.25, 0.3) is 5.32 Å². The number of piperidine rings is 1. The molecule has 0 bridgehead atoms. The van der Waals surface area contributed by atoms with Crippen LogP contribution in [0.2, 0.25) is 0 Å². The van der Waals surface area contributed by atoms with Gasteiger partial charge in [0.05, 0.1) is 6.10 Å². The molecule has 58 valence electrons. The van der Waals surface area contributed by atoms with Crippen LogP contribution in [0.15, 0.2) is 0 Å². The van der Waals surface area contributed by atoms with E-state index in [0.717, 1.165) is 19.4 Å². The summed E-state index contributed by atoms with van der Waals surface area (Å²) in [7, 11) is 1.78. The summed E-state index contributed by atoms with van der Waals surface area (Å²) in [5.41, 5.74) is 0. The van der Waals surface area contributed by atoms with Crippen LogP contribution in [0.3, 0.4) is 0 Å². The molecule has 0 spiro atoms. The number of hydrogen-bond acceptors (Lipinski definition) is 1. The van der Waals surface area contributed by atoms with Gasteiger partial charge in [0.15, 0.2) is 0 Å². The van der Waals surface area contributed by atoms with Gasteiger partial charge in [0.2, 0.25) is 0 Å². The number of ether oxygens (including phenoxy) is 1. The summed E-state index contributed by atoms with van der Waals surface area (Å²) in [6.45, 7) is 3.13. The van der Waals surface area contributed by atoms with Crippen LogP contribution >= 0.6 is 0 Å². The molecule has 3 heteroatoms. The zero-order valence-corrected chi connectivity index (χ0v) is 9.47. The Hall–Kier alpha value is 0.608. The second kappa shape index (κ2) is 5.28. The van der Waals surface area contributed by atoms with Gasteiger partial charge in [0, 0.05) is 7.11 Å². The molecule has 0 aromatic carbocycles. The Kier molecular flexibility index (Phi) is 5.61. The first-order chi connectivity index (χ1) is 4.33. The first kappa shape index (κ1) is 10.6. The average molecular weight is 312 g/mol. The van der Waals surface area contributed by atoms with Crippen molar-refractivity contribution < 1.29 is 25.8 Å². The van der Waals surface area contributed by atoms with Crippen LogP contribution < -0.4 is 0 Å². The van der Waals surface area contributed by atoms with Crippen molar-refractivity contribution in [3.8, 4) is 0 Å². The summed E-state index contributed by atoms with van der Waals surface area (Å²) in [5.74, 6) is 0. The molecule has 10 heavy (non-hydrogen) atoms. The number of rotatable bonds is 1. The molecule has 1 fully saturated rings. The van der Waals surface area contributed by atoms with Crippen molar-refractivity contribution in [3.63, 3.8) is 0 Å². The van der Waals surface area contributed by atoms with Crippen LogP contribution in [0.1, 0.15) is 19.8 Å². The average Bonchev–Trinajstić information content (AvgIpc) is 1.88. The third-order valence-corrected chi connectivity index (χ3v) is 1.83. The van der Waals surface area contributed by atoms with Crippen LogP contribution in [-0.4, -0.2) is 25.8 Å². The Morgan fingerprint density at radius 2 is 2.20 bits per heavy atom. The largest absolute Gasteiger partial charge is 2.00 e. The molecule has 0 aromatic rings. The second-order valence-electron chi connectivity index (χ2n) is 2.64. The van der Waals surface area contributed by atoms with E-state index in [-0.39, 0.29) is 21.1 Å². The Morgan fingerprint density at radius 3 is 2.60 bits per heavy atom. The summed E-state index contributed by atoms with van der Waals surface area (Å²) >= 11 is 0. The smallest absolute Gasteiger partial charge is 0.660 e. The maximum atomic E-state index is 5.20. The van der Waals surface area contributed by atoms with Crippen LogP contribution in [0.5, 0.6) is 0 Å². The molecule has 0 aliphatic carbocycles. The van der Waals surface area contributed by atoms with Gasteiger partial charge in [-0.2, -0.15) is 0 Å². The number of nitrogens with zero attached hydrogens (tertiary/aromatic N) is 1. The molecule has 0 radical (unpaired) electrons. The Bertz CT molecular complexity index is 89.7. The van der Waals surface area contributed by atoms with Gasteiger partial charge in [0.1, 0.15) is 0 Å². The summed E-state index contributed by atoms with van der Waals surface area (Å²) in [6.07, 6.45) is 2.69. The van der Waals surface area contributed by atoms with Gasteiger partial charge in [-0.25, -0.2) is 0 Å². The zero-order chi connectivity index (χ0) is 6.69. The SMILES string of the molecule is COC1CC[N-]C(C)C1.[W+2]. The van der Waals surface area contributed by atoms with E-state index < -0.39 is 0 Å². The second-order valence-corrected chi connectivity index (χ2v) is 2.64. The van der Waals surface area contributed by atoms with Crippen molar-refractivity contribution >= 4 is 0 Å². The van der Waals surface area contributed by atoms with Crippen molar-refractivity contribution in [2.45, 2.75) is 31.9 Å². The van der Waals surface area contributed by atoms with Crippen molar-refractivity contribution in [1.29, 1.82) is 0 Å². The summed E-state index contributed by atoms with van der Waals surface area (Å²) in [4.78, 5) is 0. The van der Waals surface area contributed by atoms with E-state index in [2.05, 4.69) is 12.2 Å². The van der Waals surface area contributed by atoms with E-state index in [9.17, 15) is 0 Å². The van der Waals surface area contributed by atoms with E-state index in [1.165, 1.54) is 0 Å². The quantitative estimate of drug-likeness (QED) is 0.721. The Labute approximate surface area is 77.0 Å². The Morgan fingerprint density at radius 1 is 1.50 bits per heavy atom. The van der Waals surface area contributed by atoms with Crippen molar-refractivity contribution in [2.24, 2.45) is 0 Å². The maximum Gasteiger partial charge on any atom is 2.00 e. The molecule has 2 unspecified atom stereocenters. The Balaban J connectivity index is 0.000000810. The number of hydrogen-bond donors (Lipinski definition) is 0. The van der Waals surface area contributed by atoms with Gasteiger partial charge >= 0.3 is 21.1 Å². The van der Waals surface area contributed by atoms with Gasteiger partial charge in [-0.1, -0.05) is 6.92 Å². The molecule has 1 rings (SSSR count). The molecule has 1 saturated heterocycles. The van der Waals surface area contributed by atoms with Crippen LogP contribution in [0, 0.1) is 0 Å². The maximum absolute atomic E-state index is 5.20. The minimum Gasteiger partial charge on any atom is -0.660 e.